The highest BCUT2D eigenvalue weighted by Crippen LogP contribution is 2.39. The summed E-state index contributed by atoms with van der Waals surface area (Å²) in [5.74, 6) is 1.63. The number of carbonyl (C=O) groups excluding carboxylic acids is 1. The first kappa shape index (κ1) is 18.3. The smallest absolute Gasteiger partial charge is 0.220 e. The van der Waals surface area contributed by atoms with Gasteiger partial charge in [-0.15, -0.1) is 0 Å². The van der Waals surface area contributed by atoms with Gasteiger partial charge in [0.15, 0.2) is 11.5 Å². The fourth-order valence-corrected chi connectivity index (χ4v) is 3.52. The van der Waals surface area contributed by atoms with Gasteiger partial charge < -0.3 is 25.2 Å². The Morgan fingerprint density at radius 1 is 1.32 bits per heavy atom. The minimum atomic E-state index is -0.837. The molecule has 3 rings (SSSR count). The first-order chi connectivity index (χ1) is 12.1. The molecule has 1 unspecified atom stereocenters. The summed E-state index contributed by atoms with van der Waals surface area (Å²) in [5.41, 5.74) is 0.605. The van der Waals surface area contributed by atoms with Gasteiger partial charge in [-0.1, -0.05) is 11.6 Å². The number of fused-ring (bicyclic) bond motifs is 1. The molecule has 2 aliphatic heterocycles. The highest BCUT2D eigenvalue weighted by molar-refractivity contribution is 6.32. The highest BCUT2D eigenvalue weighted by Gasteiger charge is 2.20. The summed E-state index contributed by atoms with van der Waals surface area (Å²) < 4.78 is 11.0. The predicted molar refractivity (Wildman–Crippen MR) is 95.2 cm³/mol. The summed E-state index contributed by atoms with van der Waals surface area (Å²) in [6, 6.07) is 3.37. The average molecular weight is 369 g/mol. The summed E-state index contributed by atoms with van der Waals surface area (Å²) in [6.07, 6.45) is 2.83. The number of rotatable bonds is 6. The lowest BCUT2D eigenvalue weighted by molar-refractivity contribution is -0.121. The molecule has 1 aromatic carbocycles. The summed E-state index contributed by atoms with van der Waals surface area (Å²) in [5, 5.41) is 16.9. The maximum Gasteiger partial charge on any atom is 0.220 e. The first-order valence-corrected chi connectivity index (χ1v) is 9.26. The number of halogens is 1. The second-order valence-corrected chi connectivity index (χ2v) is 6.99. The molecule has 1 atom stereocenters. The molecule has 25 heavy (non-hydrogen) atoms. The van der Waals surface area contributed by atoms with E-state index in [0.29, 0.717) is 47.6 Å². The van der Waals surface area contributed by atoms with E-state index in [1.807, 2.05) is 0 Å². The minimum absolute atomic E-state index is 0.0266. The highest BCUT2D eigenvalue weighted by atomic mass is 35.5. The van der Waals surface area contributed by atoms with E-state index >= 15 is 0 Å². The van der Waals surface area contributed by atoms with Crippen LogP contribution in [0, 0.1) is 5.92 Å². The molecule has 0 bridgehead atoms. The molecule has 1 amide bonds. The van der Waals surface area contributed by atoms with E-state index in [1.165, 1.54) is 0 Å². The summed E-state index contributed by atoms with van der Waals surface area (Å²) in [7, 11) is 0. The van der Waals surface area contributed by atoms with Crippen molar-refractivity contribution >= 4 is 17.5 Å². The fraction of sp³-hybridized carbons (Fsp3) is 0.611. The number of piperidine rings is 1. The predicted octanol–water partition coefficient (Wildman–Crippen LogP) is 2.04. The molecule has 3 N–H and O–H groups in total. The zero-order valence-electron chi connectivity index (χ0n) is 14.2. The Hall–Kier alpha value is -1.50. The second-order valence-electron chi connectivity index (χ2n) is 6.58. The summed E-state index contributed by atoms with van der Waals surface area (Å²) in [6.45, 7) is 3.14. The molecule has 1 aromatic rings. The Kier molecular flexibility index (Phi) is 6.39. The maximum absolute atomic E-state index is 12.0. The third-order valence-corrected chi connectivity index (χ3v) is 5.02. The van der Waals surface area contributed by atoms with Crippen molar-refractivity contribution in [2.75, 3.05) is 32.8 Å². The van der Waals surface area contributed by atoms with Crippen molar-refractivity contribution in [1.82, 2.24) is 10.6 Å². The quantitative estimate of drug-likeness (QED) is 0.716. The third-order valence-electron chi connectivity index (χ3n) is 4.73. The third kappa shape index (κ3) is 5.00. The van der Waals surface area contributed by atoms with Gasteiger partial charge in [-0.05, 0) is 56.0 Å². The number of nitrogens with one attached hydrogen (secondary N) is 2. The number of aliphatic hydroxyl groups is 1. The molecule has 6 nitrogen and oxygen atoms in total. The van der Waals surface area contributed by atoms with E-state index in [2.05, 4.69) is 10.6 Å². The second kappa shape index (κ2) is 8.74. The maximum atomic E-state index is 12.0. The van der Waals surface area contributed by atoms with E-state index in [0.717, 1.165) is 32.4 Å². The van der Waals surface area contributed by atoms with Gasteiger partial charge in [0, 0.05) is 13.0 Å². The van der Waals surface area contributed by atoms with Crippen molar-refractivity contribution < 1.29 is 19.4 Å². The lowest BCUT2D eigenvalue weighted by Crippen LogP contribution is -2.31. The van der Waals surface area contributed by atoms with Crippen LogP contribution in [0.2, 0.25) is 5.02 Å². The standard InChI is InChI=1S/C18H25ClN2O4/c19-14-9-13(10-16-18(14)25-8-7-24-16)15(22)11-21-17(23)2-1-12-3-5-20-6-4-12/h9-10,12,15,20,22H,1-8,11H2,(H,21,23). The number of hydrogen-bond donors (Lipinski definition) is 3. The molecule has 0 saturated carbocycles. The number of carbonyl (C=O) groups is 1. The molecule has 7 heteroatoms. The molecule has 1 saturated heterocycles. The van der Waals surface area contributed by atoms with Crippen LogP contribution in [-0.2, 0) is 4.79 Å². The SMILES string of the molecule is O=C(CCC1CCNCC1)NCC(O)c1cc(Cl)c2c(c1)OCCO2. The molecule has 0 spiro atoms. The number of ether oxygens (including phenoxy) is 2. The first-order valence-electron chi connectivity index (χ1n) is 8.88. The molecule has 138 valence electrons. The van der Waals surface area contributed by atoms with Crippen LogP contribution < -0.4 is 20.1 Å². The van der Waals surface area contributed by atoms with E-state index in [9.17, 15) is 9.90 Å². The molecular formula is C18H25ClN2O4. The van der Waals surface area contributed by atoms with Gasteiger partial charge in [0.05, 0.1) is 11.1 Å². The summed E-state index contributed by atoms with van der Waals surface area (Å²) in [4.78, 5) is 12.0. The Morgan fingerprint density at radius 2 is 2.08 bits per heavy atom. The van der Waals surface area contributed by atoms with Gasteiger partial charge in [-0.2, -0.15) is 0 Å². The van der Waals surface area contributed by atoms with E-state index < -0.39 is 6.10 Å². The van der Waals surface area contributed by atoms with Gasteiger partial charge in [-0.25, -0.2) is 0 Å². The Balaban J connectivity index is 1.47. The van der Waals surface area contributed by atoms with Crippen molar-refractivity contribution in [2.24, 2.45) is 5.92 Å². The van der Waals surface area contributed by atoms with Crippen LogP contribution in [0.4, 0.5) is 0 Å². The van der Waals surface area contributed by atoms with Gasteiger partial charge in [0.1, 0.15) is 13.2 Å². The lowest BCUT2D eigenvalue weighted by Gasteiger charge is -2.22. The lowest BCUT2D eigenvalue weighted by atomic mass is 9.93. The number of benzene rings is 1. The molecule has 0 radical (unpaired) electrons. The van der Waals surface area contributed by atoms with Crippen LogP contribution in [0.3, 0.4) is 0 Å². The number of aliphatic hydroxyl groups excluding tert-OH is 1. The van der Waals surface area contributed by atoms with Crippen molar-refractivity contribution in [3.63, 3.8) is 0 Å². The summed E-state index contributed by atoms with van der Waals surface area (Å²) >= 11 is 6.18. The van der Waals surface area contributed by atoms with Gasteiger partial charge in [-0.3, -0.25) is 4.79 Å². The Labute approximate surface area is 152 Å². The van der Waals surface area contributed by atoms with Crippen molar-refractivity contribution in [3.05, 3.63) is 22.7 Å². The van der Waals surface area contributed by atoms with Crippen molar-refractivity contribution in [1.29, 1.82) is 0 Å². The molecule has 1 fully saturated rings. The van der Waals surface area contributed by atoms with E-state index in [4.69, 9.17) is 21.1 Å². The normalized spacial score (nSPS) is 18.6. The fourth-order valence-electron chi connectivity index (χ4n) is 3.25. The Morgan fingerprint density at radius 3 is 2.88 bits per heavy atom. The molecule has 2 heterocycles. The average Bonchev–Trinajstić information content (AvgIpc) is 2.65. The van der Waals surface area contributed by atoms with Crippen LogP contribution >= 0.6 is 11.6 Å². The van der Waals surface area contributed by atoms with Gasteiger partial charge in [0.2, 0.25) is 5.91 Å². The van der Waals surface area contributed by atoms with E-state index in [1.54, 1.807) is 12.1 Å². The molecule has 0 aliphatic carbocycles. The monoisotopic (exact) mass is 368 g/mol. The topological polar surface area (TPSA) is 79.8 Å². The van der Waals surface area contributed by atoms with Crippen molar-refractivity contribution in [3.8, 4) is 11.5 Å². The largest absolute Gasteiger partial charge is 0.486 e. The van der Waals surface area contributed by atoms with Gasteiger partial charge in [0.25, 0.3) is 0 Å². The van der Waals surface area contributed by atoms with Crippen LogP contribution in [0.5, 0.6) is 11.5 Å². The molecule has 0 aromatic heterocycles. The van der Waals surface area contributed by atoms with Crippen molar-refractivity contribution in [2.45, 2.75) is 31.8 Å². The van der Waals surface area contributed by atoms with Crippen LogP contribution in [-0.4, -0.2) is 43.9 Å². The van der Waals surface area contributed by atoms with Gasteiger partial charge >= 0.3 is 0 Å². The zero-order valence-corrected chi connectivity index (χ0v) is 15.0. The van der Waals surface area contributed by atoms with E-state index in [-0.39, 0.29) is 12.5 Å². The van der Waals surface area contributed by atoms with Crippen LogP contribution in [0.1, 0.15) is 37.4 Å². The van der Waals surface area contributed by atoms with Crippen LogP contribution in [0.25, 0.3) is 0 Å². The number of hydrogen-bond acceptors (Lipinski definition) is 5. The zero-order chi connectivity index (χ0) is 17.6. The number of amides is 1. The molecule has 2 aliphatic rings. The molecular weight excluding hydrogens is 344 g/mol. The van der Waals surface area contributed by atoms with Crippen LogP contribution in [0.15, 0.2) is 12.1 Å². The Bertz CT molecular complexity index is 605. The minimum Gasteiger partial charge on any atom is -0.486 e.